The summed E-state index contributed by atoms with van der Waals surface area (Å²) in [6.07, 6.45) is 2.24. The number of thiocarbonyl (C=S) groups is 1. The Kier molecular flexibility index (Phi) is 2.39. The molecule has 0 spiro atoms. The minimum atomic E-state index is 0.463. The molecule has 0 bridgehead atoms. The Morgan fingerprint density at radius 2 is 2.60 bits per heavy atom. The van der Waals surface area contributed by atoms with Gasteiger partial charge in [0.2, 0.25) is 0 Å². The Hall–Kier alpha value is -0.420. The Labute approximate surface area is 72.1 Å². The van der Waals surface area contributed by atoms with Crippen LogP contribution in [0.25, 0.3) is 0 Å². The van der Waals surface area contributed by atoms with Crippen molar-refractivity contribution in [2.75, 3.05) is 0 Å². The van der Waals surface area contributed by atoms with Crippen LogP contribution in [0.4, 0.5) is 0 Å². The number of H-pyrrole nitrogens is 1. The molecule has 0 aliphatic rings. The van der Waals surface area contributed by atoms with Gasteiger partial charge in [0.15, 0.2) is 0 Å². The molecule has 0 aliphatic heterocycles. The summed E-state index contributed by atoms with van der Waals surface area (Å²) in [5.41, 5.74) is 6.24. The van der Waals surface area contributed by atoms with Crippen molar-refractivity contribution < 1.29 is 0 Å². The van der Waals surface area contributed by atoms with Crippen LogP contribution in [-0.2, 0) is 6.42 Å². The zero-order chi connectivity index (χ0) is 7.56. The number of rotatable bonds is 2. The zero-order valence-electron chi connectivity index (χ0n) is 5.10. The van der Waals surface area contributed by atoms with Crippen molar-refractivity contribution in [2.45, 2.75) is 6.42 Å². The van der Waals surface area contributed by atoms with Crippen molar-refractivity contribution in [3.8, 4) is 0 Å². The number of aromatic nitrogens is 2. The first-order chi connectivity index (χ1) is 4.70. The Balaban J connectivity index is 2.74. The van der Waals surface area contributed by atoms with Gasteiger partial charge in [0, 0.05) is 6.42 Å². The molecule has 1 heterocycles. The lowest BCUT2D eigenvalue weighted by Gasteiger charge is -1.93. The SMILES string of the molecule is NC(=S)Cc1[nH]ncc1Br. The van der Waals surface area contributed by atoms with E-state index in [0.29, 0.717) is 11.4 Å². The second kappa shape index (κ2) is 3.12. The van der Waals surface area contributed by atoms with Gasteiger partial charge in [0.25, 0.3) is 0 Å². The van der Waals surface area contributed by atoms with Crippen molar-refractivity contribution in [1.82, 2.24) is 10.2 Å². The molecule has 0 amide bonds. The Morgan fingerprint density at radius 3 is 3.00 bits per heavy atom. The van der Waals surface area contributed by atoms with Crippen molar-refractivity contribution in [2.24, 2.45) is 5.73 Å². The molecule has 0 aliphatic carbocycles. The van der Waals surface area contributed by atoms with Crippen LogP contribution in [0, 0.1) is 0 Å². The van der Waals surface area contributed by atoms with E-state index < -0.39 is 0 Å². The molecule has 54 valence electrons. The van der Waals surface area contributed by atoms with E-state index in [1.807, 2.05) is 0 Å². The van der Waals surface area contributed by atoms with Gasteiger partial charge in [0.05, 0.1) is 21.4 Å². The average Bonchev–Trinajstić information content (AvgIpc) is 2.15. The monoisotopic (exact) mass is 219 g/mol. The summed E-state index contributed by atoms with van der Waals surface area (Å²) in [4.78, 5) is 0.463. The fourth-order valence-electron chi connectivity index (χ4n) is 0.596. The summed E-state index contributed by atoms with van der Waals surface area (Å²) < 4.78 is 0.917. The largest absolute Gasteiger partial charge is 0.393 e. The van der Waals surface area contributed by atoms with Gasteiger partial charge >= 0.3 is 0 Å². The third-order valence-corrected chi connectivity index (χ3v) is 1.84. The highest BCUT2D eigenvalue weighted by Gasteiger charge is 2.01. The van der Waals surface area contributed by atoms with Gasteiger partial charge in [0.1, 0.15) is 0 Å². The van der Waals surface area contributed by atoms with Gasteiger partial charge in [-0.3, -0.25) is 5.10 Å². The molecule has 0 saturated heterocycles. The number of nitrogens with two attached hydrogens (primary N) is 1. The maximum atomic E-state index is 5.32. The number of nitrogens with one attached hydrogen (secondary N) is 1. The molecule has 1 aromatic rings. The average molecular weight is 220 g/mol. The third kappa shape index (κ3) is 1.78. The fraction of sp³-hybridized carbons (Fsp3) is 0.200. The molecular weight excluding hydrogens is 214 g/mol. The molecule has 0 unspecified atom stereocenters. The van der Waals surface area contributed by atoms with Crippen molar-refractivity contribution in [3.05, 3.63) is 16.4 Å². The van der Waals surface area contributed by atoms with Crippen LogP contribution in [0.15, 0.2) is 10.7 Å². The minimum Gasteiger partial charge on any atom is -0.393 e. The molecule has 10 heavy (non-hydrogen) atoms. The Bertz CT molecular complexity index is 245. The smallest absolute Gasteiger partial charge is 0.0787 e. The van der Waals surface area contributed by atoms with E-state index in [4.69, 9.17) is 18.0 Å². The summed E-state index contributed by atoms with van der Waals surface area (Å²) in [7, 11) is 0. The quantitative estimate of drug-likeness (QED) is 0.731. The fourth-order valence-corrected chi connectivity index (χ4v) is 1.07. The van der Waals surface area contributed by atoms with Crippen molar-refractivity contribution >= 4 is 33.1 Å². The van der Waals surface area contributed by atoms with Gasteiger partial charge < -0.3 is 5.73 Å². The molecule has 5 heteroatoms. The summed E-state index contributed by atoms with van der Waals surface area (Å²) in [6, 6.07) is 0. The lowest BCUT2D eigenvalue weighted by atomic mass is 10.3. The zero-order valence-corrected chi connectivity index (χ0v) is 7.50. The summed E-state index contributed by atoms with van der Waals surface area (Å²) in [5.74, 6) is 0. The van der Waals surface area contributed by atoms with Gasteiger partial charge in [-0.25, -0.2) is 0 Å². The van der Waals surface area contributed by atoms with E-state index in [1.165, 1.54) is 0 Å². The van der Waals surface area contributed by atoms with Crippen LogP contribution in [0.2, 0.25) is 0 Å². The molecule has 3 N–H and O–H groups in total. The minimum absolute atomic E-state index is 0.463. The first kappa shape index (κ1) is 7.68. The molecule has 0 saturated carbocycles. The first-order valence-corrected chi connectivity index (χ1v) is 3.86. The number of hydrogen-bond acceptors (Lipinski definition) is 2. The van der Waals surface area contributed by atoms with Crippen LogP contribution in [-0.4, -0.2) is 15.2 Å². The third-order valence-electron chi connectivity index (χ3n) is 1.02. The van der Waals surface area contributed by atoms with E-state index in [0.717, 1.165) is 10.2 Å². The lowest BCUT2D eigenvalue weighted by Crippen LogP contribution is -2.11. The summed E-state index contributed by atoms with van der Waals surface area (Å²) in [6.45, 7) is 0. The lowest BCUT2D eigenvalue weighted by molar-refractivity contribution is 1.02. The van der Waals surface area contributed by atoms with Crippen LogP contribution < -0.4 is 5.73 Å². The van der Waals surface area contributed by atoms with Gasteiger partial charge in [-0.1, -0.05) is 12.2 Å². The van der Waals surface area contributed by atoms with Gasteiger partial charge in [-0.2, -0.15) is 5.10 Å². The molecular formula is C5H6BrN3S. The van der Waals surface area contributed by atoms with Gasteiger partial charge in [-0.15, -0.1) is 0 Å². The molecule has 1 rings (SSSR count). The summed E-state index contributed by atoms with van der Waals surface area (Å²) >= 11 is 8.00. The maximum Gasteiger partial charge on any atom is 0.0787 e. The van der Waals surface area contributed by atoms with Crippen LogP contribution in [0.5, 0.6) is 0 Å². The van der Waals surface area contributed by atoms with Crippen molar-refractivity contribution in [3.63, 3.8) is 0 Å². The van der Waals surface area contributed by atoms with Crippen LogP contribution >= 0.6 is 28.1 Å². The second-order valence-electron chi connectivity index (χ2n) is 1.84. The number of halogens is 1. The van der Waals surface area contributed by atoms with E-state index in [9.17, 15) is 0 Å². The molecule has 1 aromatic heterocycles. The highest BCUT2D eigenvalue weighted by Crippen LogP contribution is 2.12. The topological polar surface area (TPSA) is 54.7 Å². The van der Waals surface area contributed by atoms with E-state index >= 15 is 0 Å². The van der Waals surface area contributed by atoms with E-state index in [2.05, 4.69) is 26.1 Å². The number of aromatic amines is 1. The molecule has 0 radical (unpaired) electrons. The predicted molar refractivity (Wildman–Crippen MR) is 46.8 cm³/mol. The highest BCUT2D eigenvalue weighted by atomic mass is 79.9. The summed E-state index contributed by atoms with van der Waals surface area (Å²) in [5, 5.41) is 6.56. The normalized spacial score (nSPS) is 9.70. The molecule has 0 fully saturated rings. The maximum absolute atomic E-state index is 5.32. The van der Waals surface area contributed by atoms with E-state index in [1.54, 1.807) is 6.20 Å². The number of hydrogen-bond donors (Lipinski definition) is 2. The Morgan fingerprint density at radius 1 is 1.90 bits per heavy atom. The standard InChI is InChI=1S/C5H6BrN3S/c6-3-2-8-9-4(3)1-5(7)10/h2H,1H2,(H2,7,10)(H,8,9). The van der Waals surface area contributed by atoms with Crippen molar-refractivity contribution in [1.29, 1.82) is 0 Å². The highest BCUT2D eigenvalue weighted by molar-refractivity contribution is 9.10. The second-order valence-corrected chi connectivity index (χ2v) is 3.22. The molecule has 0 atom stereocenters. The first-order valence-electron chi connectivity index (χ1n) is 2.66. The number of nitrogens with zero attached hydrogens (tertiary/aromatic N) is 1. The predicted octanol–water partition coefficient (Wildman–Crippen LogP) is 1.00. The van der Waals surface area contributed by atoms with Crippen LogP contribution in [0.3, 0.4) is 0 Å². The molecule has 3 nitrogen and oxygen atoms in total. The van der Waals surface area contributed by atoms with Gasteiger partial charge in [-0.05, 0) is 15.9 Å². The molecule has 0 aromatic carbocycles. The van der Waals surface area contributed by atoms with Crippen LogP contribution in [0.1, 0.15) is 5.69 Å². The van der Waals surface area contributed by atoms with E-state index in [-0.39, 0.29) is 0 Å².